The minimum Gasteiger partial charge on any atom is -0.264 e. The summed E-state index contributed by atoms with van der Waals surface area (Å²) in [6.45, 7) is 10.2. The molecule has 0 aromatic heterocycles. The molecule has 5 heteroatoms. The molecule has 91 valence electrons. The fraction of sp³-hybridized carbons (Fsp3) is 0.750. The summed E-state index contributed by atoms with van der Waals surface area (Å²) < 4.78 is 0. The minimum atomic E-state index is -0.857. The van der Waals surface area contributed by atoms with Crippen molar-refractivity contribution in [3.05, 3.63) is 0 Å². The van der Waals surface area contributed by atoms with Gasteiger partial charge >= 0.3 is 0 Å². The van der Waals surface area contributed by atoms with Gasteiger partial charge in [0.05, 0.1) is 18.4 Å². The van der Waals surface area contributed by atoms with Gasteiger partial charge in [0.2, 0.25) is 0 Å². The van der Waals surface area contributed by atoms with E-state index in [2.05, 4.69) is 21.4 Å². The maximum atomic E-state index is 8.81. The normalized spacial score (nSPS) is 13.9. The van der Waals surface area contributed by atoms with E-state index in [0.717, 1.165) is 0 Å². The first-order chi connectivity index (χ1) is 7.54. The molecule has 0 bridgehead atoms. The monoisotopic (exact) mass is 232 g/mol. The lowest BCUT2D eigenvalue weighted by molar-refractivity contribution is 0.552. The van der Waals surface area contributed by atoms with E-state index in [1.165, 1.54) is 0 Å². The lowest BCUT2D eigenvalue weighted by Crippen LogP contribution is -2.24. The molecule has 0 N–H and O–H groups in total. The predicted octanol–water partition coefficient (Wildman–Crippen LogP) is 2.77. The zero-order chi connectivity index (χ0) is 13.7. The molecular formula is C12H18N5. The maximum Gasteiger partial charge on any atom is 0.161 e. The van der Waals surface area contributed by atoms with Crippen LogP contribution in [0.4, 0.5) is 0 Å². The summed E-state index contributed by atoms with van der Waals surface area (Å²) >= 11 is 0. The zero-order valence-electron chi connectivity index (χ0n) is 11.2. The van der Waals surface area contributed by atoms with Gasteiger partial charge in [-0.15, -0.1) is 0 Å². The van der Waals surface area contributed by atoms with Gasteiger partial charge in [0.1, 0.15) is 11.1 Å². The topological polar surface area (TPSA) is 84.7 Å². The fourth-order valence-corrected chi connectivity index (χ4v) is 0.596. The maximum absolute atomic E-state index is 8.81. The van der Waals surface area contributed by atoms with E-state index in [-0.39, 0.29) is 0 Å². The van der Waals surface area contributed by atoms with Crippen LogP contribution in [-0.4, -0.2) is 22.8 Å². The molecule has 0 rings (SSSR count). The lowest BCUT2D eigenvalue weighted by Gasteiger charge is -2.16. The van der Waals surface area contributed by atoms with Crippen LogP contribution in [0.5, 0.6) is 0 Å². The van der Waals surface area contributed by atoms with Crippen LogP contribution in [0.1, 0.15) is 41.5 Å². The van der Waals surface area contributed by atoms with E-state index in [1.54, 1.807) is 41.5 Å². The van der Waals surface area contributed by atoms with Gasteiger partial charge < -0.3 is 0 Å². The van der Waals surface area contributed by atoms with Crippen LogP contribution in [0.2, 0.25) is 0 Å². The van der Waals surface area contributed by atoms with E-state index >= 15 is 0 Å². The highest BCUT2D eigenvalue weighted by Gasteiger charge is 2.22. The Morgan fingerprint density at radius 2 is 1.12 bits per heavy atom. The Morgan fingerprint density at radius 1 is 0.706 bits per heavy atom. The van der Waals surface area contributed by atoms with Gasteiger partial charge in [0.25, 0.3) is 0 Å². The number of hydrogen-bond donors (Lipinski definition) is 0. The smallest absolute Gasteiger partial charge is 0.161 e. The van der Waals surface area contributed by atoms with E-state index in [4.69, 9.17) is 10.5 Å². The number of nitriles is 2. The van der Waals surface area contributed by atoms with Crippen LogP contribution in [0.15, 0.2) is 15.2 Å². The first kappa shape index (κ1) is 15.2. The third kappa shape index (κ3) is 6.42. The molecule has 0 heterocycles. The van der Waals surface area contributed by atoms with Crippen LogP contribution in [0.25, 0.3) is 0 Å². The molecule has 0 saturated carbocycles. The molecule has 0 saturated heterocycles. The molecule has 0 spiro atoms. The van der Waals surface area contributed by atoms with Gasteiger partial charge in [-0.25, -0.2) is 0 Å². The average molecular weight is 232 g/mol. The Labute approximate surface area is 103 Å². The predicted molar refractivity (Wildman–Crippen MR) is 65.8 cm³/mol. The number of rotatable bonds is 4. The second-order valence-electron chi connectivity index (χ2n) is 5.32. The van der Waals surface area contributed by atoms with Gasteiger partial charge in [-0.1, -0.05) is 0 Å². The minimum absolute atomic E-state index is 0.748. The highest BCUT2D eigenvalue weighted by molar-refractivity contribution is 5.69. The molecule has 0 aliphatic rings. The molecule has 0 aliphatic heterocycles. The number of aliphatic imine (C=N–C) groups is 1. The first-order valence-electron chi connectivity index (χ1n) is 5.29. The molecule has 5 nitrogen and oxygen atoms in total. The van der Waals surface area contributed by atoms with Gasteiger partial charge in [-0.2, -0.15) is 20.8 Å². The summed E-state index contributed by atoms with van der Waals surface area (Å²) in [5.74, 6) is 0. The Kier molecular flexibility index (Phi) is 4.53. The summed E-state index contributed by atoms with van der Waals surface area (Å²) in [5.41, 5.74) is -2.43. The zero-order valence-corrected chi connectivity index (χ0v) is 11.2. The highest BCUT2D eigenvalue weighted by atomic mass is 15.2. The Hall–Kier alpha value is -1.75. The Bertz CT molecular complexity index is 364. The number of nitrogens with zero attached hydrogens (tertiary/aromatic N) is 5. The molecule has 0 atom stereocenters. The SMILES string of the molecule is CC(C)([C]=NC(C)(C)C#N)N=NC(C)(C)C#N. The van der Waals surface area contributed by atoms with E-state index in [1.807, 2.05) is 12.1 Å². The number of hydrogen-bond acceptors (Lipinski definition) is 5. The lowest BCUT2D eigenvalue weighted by atomic mass is 10.1. The van der Waals surface area contributed by atoms with Crippen molar-refractivity contribution in [2.24, 2.45) is 15.2 Å². The van der Waals surface area contributed by atoms with Crippen LogP contribution >= 0.6 is 0 Å². The summed E-state index contributed by atoms with van der Waals surface area (Å²) in [6.07, 6.45) is 2.78. The third-order valence-electron chi connectivity index (χ3n) is 1.71. The quantitative estimate of drug-likeness (QED) is 0.551. The molecule has 0 aromatic rings. The summed E-state index contributed by atoms with van der Waals surface area (Å²) in [5, 5.41) is 25.6. The van der Waals surface area contributed by atoms with Crippen LogP contribution in [0.3, 0.4) is 0 Å². The average Bonchev–Trinajstić information content (AvgIpc) is 2.25. The second-order valence-corrected chi connectivity index (χ2v) is 5.32. The largest absolute Gasteiger partial charge is 0.264 e. The van der Waals surface area contributed by atoms with Crippen molar-refractivity contribution < 1.29 is 0 Å². The van der Waals surface area contributed by atoms with Crippen LogP contribution in [0, 0.1) is 22.7 Å². The van der Waals surface area contributed by atoms with Crippen LogP contribution in [-0.2, 0) is 0 Å². The Morgan fingerprint density at radius 3 is 1.53 bits per heavy atom. The van der Waals surface area contributed by atoms with Crippen molar-refractivity contribution in [3.63, 3.8) is 0 Å². The van der Waals surface area contributed by atoms with Gasteiger partial charge in [0.15, 0.2) is 5.54 Å². The molecule has 0 aliphatic carbocycles. The van der Waals surface area contributed by atoms with E-state index in [0.29, 0.717) is 0 Å². The number of azo groups is 1. The Balaban J connectivity index is 4.86. The van der Waals surface area contributed by atoms with Crippen molar-refractivity contribution in [1.82, 2.24) is 0 Å². The van der Waals surface area contributed by atoms with Crippen molar-refractivity contribution in [3.8, 4) is 12.1 Å². The van der Waals surface area contributed by atoms with Crippen molar-refractivity contribution in [2.75, 3.05) is 0 Å². The van der Waals surface area contributed by atoms with Gasteiger partial charge in [0, 0.05) is 0 Å². The summed E-state index contributed by atoms with van der Waals surface area (Å²) in [4.78, 5) is 4.02. The molecule has 0 unspecified atom stereocenters. The van der Waals surface area contributed by atoms with Gasteiger partial charge in [-0.05, 0) is 41.5 Å². The molecule has 1 radical (unpaired) electrons. The van der Waals surface area contributed by atoms with E-state index in [9.17, 15) is 0 Å². The first-order valence-corrected chi connectivity index (χ1v) is 5.29. The van der Waals surface area contributed by atoms with Crippen LogP contribution < -0.4 is 0 Å². The molecule has 17 heavy (non-hydrogen) atoms. The fourth-order valence-electron chi connectivity index (χ4n) is 0.596. The van der Waals surface area contributed by atoms with Crippen molar-refractivity contribution in [2.45, 2.75) is 58.2 Å². The molecular weight excluding hydrogens is 214 g/mol. The second kappa shape index (κ2) is 5.05. The molecule has 0 aromatic carbocycles. The molecule has 0 amide bonds. The standard InChI is InChI=1S/C12H18N5/c1-10(2,7-13)15-9-12(5,6)17-16-11(3,4)8-14/h1-6H3. The third-order valence-corrected chi connectivity index (χ3v) is 1.71. The van der Waals surface area contributed by atoms with Gasteiger partial charge in [-0.3, -0.25) is 4.99 Å². The molecule has 0 fully saturated rings. The highest BCUT2D eigenvalue weighted by Crippen LogP contribution is 2.15. The van der Waals surface area contributed by atoms with Crippen molar-refractivity contribution in [1.29, 1.82) is 10.5 Å². The van der Waals surface area contributed by atoms with Crippen molar-refractivity contribution >= 4 is 6.21 Å². The van der Waals surface area contributed by atoms with E-state index < -0.39 is 16.6 Å². The summed E-state index contributed by atoms with van der Waals surface area (Å²) in [6, 6.07) is 4.07. The summed E-state index contributed by atoms with van der Waals surface area (Å²) in [7, 11) is 0.